The van der Waals surface area contributed by atoms with Gasteiger partial charge in [0.05, 0.1) is 0 Å². The average molecular weight is 623 g/mol. The van der Waals surface area contributed by atoms with Crippen molar-refractivity contribution in [2.45, 2.75) is 160 Å². The molecule has 3 fully saturated rings. The van der Waals surface area contributed by atoms with Gasteiger partial charge in [-0.1, -0.05) is 82.9 Å². The van der Waals surface area contributed by atoms with Crippen LogP contribution in [0.4, 0.5) is 0 Å². The molecular formula is C43H58O3. The second kappa shape index (κ2) is 14.4. The highest BCUT2D eigenvalue weighted by Crippen LogP contribution is 2.49. The van der Waals surface area contributed by atoms with Crippen LogP contribution >= 0.6 is 0 Å². The summed E-state index contributed by atoms with van der Waals surface area (Å²) in [5, 5.41) is 33.1. The Morgan fingerprint density at radius 3 is 1.13 bits per heavy atom. The Hall–Kier alpha value is -2.94. The van der Waals surface area contributed by atoms with Gasteiger partial charge >= 0.3 is 0 Å². The lowest BCUT2D eigenvalue weighted by Gasteiger charge is -2.34. The smallest absolute Gasteiger partial charge is 0.118 e. The first-order valence-corrected chi connectivity index (χ1v) is 18.7. The summed E-state index contributed by atoms with van der Waals surface area (Å²) in [6.07, 6.45) is 19.6. The maximum Gasteiger partial charge on any atom is 0.118 e. The normalized spacial score (nSPS) is 19.5. The Labute approximate surface area is 278 Å². The molecule has 3 heteroatoms. The summed E-state index contributed by atoms with van der Waals surface area (Å²) in [6.45, 7) is 8.56. The second-order valence-electron chi connectivity index (χ2n) is 15.5. The molecule has 0 radical (unpaired) electrons. The molecular weight excluding hydrogens is 564 g/mol. The topological polar surface area (TPSA) is 60.7 Å². The van der Waals surface area contributed by atoms with E-state index in [1.807, 2.05) is 6.92 Å². The number of hydrogen-bond donors (Lipinski definition) is 3. The van der Waals surface area contributed by atoms with E-state index in [9.17, 15) is 15.3 Å². The molecule has 3 aliphatic rings. The second-order valence-corrected chi connectivity index (χ2v) is 15.5. The number of rotatable bonds is 8. The number of phenolic OH excluding ortho intramolecular Hbond substituents is 3. The van der Waals surface area contributed by atoms with Crippen LogP contribution in [0, 0.1) is 20.8 Å². The van der Waals surface area contributed by atoms with E-state index in [1.54, 1.807) is 0 Å². The Bertz CT molecular complexity index is 1430. The number of aryl methyl sites for hydroxylation is 3. The van der Waals surface area contributed by atoms with E-state index in [4.69, 9.17) is 0 Å². The van der Waals surface area contributed by atoms with E-state index in [1.165, 1.54) is 130 Å². The maximum atomic E-state index is 11.1. The fraction of sp³-hybridized carbons (Fsp3) is 0.581. The van der Waals surface area contributed by atoms with Crippen LogP contribution in [0.1, 0.15) is 189 Å². The third-order valence-electron chi connectivity index (χ3n) is 12.2. The standard InChI is InChI=1S/C43H58O3/c1-27(34-21-28(2)41(44)24-35(34)31-14-8-5-9-15-31)20-40(38-22-29(3)42(45)25-36(38)32-16-10-6-11-17-32)39-23-30(4)43(46)26-37(39)33-18-12-7-13-19-33/h21-27,31-33,40,44-46H,5-20H2,1-4H3. The maximum absolute atomic E-state index is 11.1. The number of hydrogen-bond acceptors (Lipinski definition) is 3. The Balaban J connectivity index is 1.51. The predicted octanol–water partition coefficient (Wildman–Crippen LogP) is 12.2. The third-order valence-corrected chi connectivity index (χ3v) is 12.2. The summed E-state index contributed by atoms with van der Waals surface area (Å²) < 4.78 is 0. The molecule has 1 atom stereocenters. The van der Waals surface area contributed by atoms with Crippen molar-refractivity contribution < 1.29 is 15.3 Å². The zero-order valence-corrected chi connectivity index (χ0v) is 29.0. The minimum atomic E-state index is 0.149. The largest absolute Gasteiger partial charge is 0.508 e. The fourth-order valence-electron chi connectivity index (χ4n) is 9.44. The van der Waals surface area contributed by atoms with Crippen LogP contribution in [0.5, 0.6) is 17.2 Å². The van der Waals surface area contributed by atoms with Crippen LogP contribution in [-0.2, 0) is 0 Å². The summed E-state index contributed by atoms with van der Waals surface area (Å²) >= 11 is 0. The number of aromatic hydroxyl groups is 3. The minimum Gasteiger partial charge on any atom is -0.508 e. The highest BCUT2D eigenvalue weighted by atomic mass is 16.3. The molecule has 0 aromatic heterocycles. The van der Waals surface area contributed by atoms with Crippen molar-refractivity contribution in [3.8, 4) is 17.2 Å². The first-order chi connectivity index (χ1) is 22.2. The molecule has 6 rings (SSSR count). The Kier molecular flexibility index (Phi) is 10.4. The van der Waals surface area contributed by atoms with E-state index in [0.717, 1.165) is 23.1 Å². The lowest BCUT2D eigenvalue weighted by atomic mass is 9.70. The molecule has 3 nitrogen and oxygen atoms in total. The fourth-order valence-corrected chi connectivity index (χ4v) is 9.44. The first-order valence-electron chi connectivity index (χ1n) is 18.7. The predicted molar refractivity (Wildman–Crippen MR) is 191 cm³/mol. The zero-order valence-electron chi connectivity index (χ0n) is 29.0. The molecule has 0 saturated heterocycles. The quantitative estimate of drug-likeness (QED) is 0.234. The van der Waals surface area contributed by atoms with Crippen molar-refractivity contribution in [2.75, 3.05) is 0 Å². The molecule has 3 aromatic rings. The SMILES string of the molecule is Cc1cc(C(C)CC(c2cc(C)c(O)cc2C2CCCCC2)c2cc(C)c(O)cc2C2CCCCC2)c(C2CCCCC2)cc1O. The van der Waals surface area contributed by atoms with Gasteiger partial charge in [-0.2, -0.15) is 0 Å². The molecule has 3 aliphatic carbocycles. The highest BCUT2D eigenvalue weighted by Gasteiger charge is 2.32. The first kappa shape index (κ1) is 33.0. The average Bonchev–Trinajstić information content (AvgIpc) is 3.08. The number of phenols is 3. The summed E-state index contributed by atoms with van der Waals surface area (Å²) in [6, 6.07) is 13.2. The van der Waals surface area contributed by atoms with Gasteiger partial charge in [0.2, 0.25) is 0 Å². The van der Waals surface area contributed by atoms with Gasteiger partial charge in [-0.15, -0.1) is 0 Å². The van der Waals surface area contributed by atoms with Crippen molar-refractivity contribution in [2.24, 2.45) is 0 Å². The van der Waals surface area contributed by atoms with E-state index in [0.29, 0.717) is 35.0 Å². The van der Waals surface area contributed by atoms with Crippen molar-refractivity contribution in [3.05, 3.63) is 86.5 Å². The minimum absolute atomic E-state index is 0.149. The summed E-state index contributed by atoms with van der Waals surface area (Å²) in [5.41, 5.74) is 11.1. The summed E-state index contributed by atoms with van der Waals surface area (Å²) in [4.78, 5) is 0. The zero-order chi connectivity index (χ0) is 32.4. The third kappa shape index (κ3) is 6.99. The van der Waals surface area contributed by atoms with Crippen molar-refractivity contribution in [3.63, 3.8) is 0 Å². The molecule has 0 bridgehead atoms. The van der Waals surface area contributed by atoms with Crippen LogP contribution in [-0.4, -0.2) is 15.3 Å². The molecule has 0 spiro atoms. The van der Waals surface area contributed by atoms with Crippen molar-refractivity contribution in [1.82, 2.24) is 0 Å². The molecule has 0 heterocycles. The molecule has 0 aliphatic heterocycles. The van der Waals surface area contributed by atoms with Gasteiger partial charge in [0.1, 0.15) is 17.2 Å². The molecule has 1 unspecified atom stereocenters. The van der Waals surface area contributed by atoms with Gasteiger partial charge in [-0.25, -0.2) is 0 Å². The lowest BCUT2D eigenvalue weighted by Crippen LogP contribution is -2.17. The van der Waals surface area contributed by atoms with Crippen molar-refractivity contribution in [1.29, 1.82) is 0 Å². The van der Waals surface area contributed by atoms with E-state index >= 15 is 0 Å². The molecule has 248 valence electrons. The van der Waals surface area contributed by atoms with E-state index < -0.39 is 0 Å². The van der Waals surface area contributed by atoms with Gasteiger partial charge < -0.3 is 15.3 Å². The van der Waals surface area contributed by atoms with Crippen molar-refractivity contribution >= 4 is 0 Å². The van der Waals surface area contributed by atoms with Crippen LogP contribution < -0.4 is 0 Å². The summed E-state index contributed by atoms with van der Waals surface area (Å²) in [5.74, 6) is 3.14. The van der Waals surface area contributed by atoms with Gasteiger partial charge in [0.15, 0.2) is 0 Å². The Morgan fingerprint density at radius 1 is 0.478 bits per heavy atom. The molecule has 0 amide bonds. The van der Waals surface area contributed by atoms with Crippen LogP contribution in [0.25, 0.3) is 0 Å². The molecule has 3 saturated carbocycles. The van der Waals surface area contributed by atoms with Gasteiger partial charge in [0, 0.05) is 5.92 Å². The molecule has 46 heavy (non-hydrogen) atoms. The van der Waals surface area contributed by atoms with Gasteiger partial charge in [-0.05, 0) is 158 Å². The van der Waals surface area contributed by atoms with Crippen LogP contribution in [0.3, 0.4) is 0 Å². The van der Waals surface area contributed by atoms with Gasteiger partial charge in [-0.3, -0.25) is 0 Å². The Morgan fingerprint density at radius 2 is 0.783 bits per heavy atom. The molecule has 3 N–H and O–H groups in total. The molecule has 3 aromatic carbocycles. The van der Waals surface area contributed by atoms with Crippen LogP contribution in [0.2, 0.25) is 0 Å². The van der Waals surface area contributed by atoms with Gasteiger partial charge in [0.25, 0.3) is 0 Å². The lowest BCUT2D eigenvalue weighted by molar-refractivity contribution is 0.425. The van der Waals surface area contributed by atoms with E-state index in [-0.39, 0.29) is 11.8 Å². The van der Waals surface area contributed by atoms with E-state index in [2.05, 4.69) is 57.2 Å². The highest BCUT2D eigenvalue weighted by molar-refractivity contribution is 5.53. The number of benzene rings is 3. The monoisotopic (exact) mass is 622 g/mol. The van der Waals surface area contributed by atoms with Crippen LogP contribution in [0.15, 0.2) is 36.4 Å². The summed E-state index contributed by atoms with van der Waals surface area (Å²) in [7, 11) is 0.